The number of guanidine groups is 1. The van der Waals surface area contributed by atoms with E-state index in [0.29, 0.717) is 13.0 Å². The molecular formula is C13H29IN4O. The van der Waals surface area contributed by atoms with Crippen molar-refractivity contribution in [3.05, 3.63) is 0 Å². The first-order valence-corrected chi connectivity index (χ1v) is 6.72. The van der Waals surface area contributed by atoms with E-state index in [2.05, 4.69) is 22.1 Å². The van der Waals surface area contributed by atoms with Crippen LogP contribution in [0.5, 0.6) is 0 Å². The Kier molecular flexibility index (Phi) is 13.7. The number of hydrogen-bond acceptors (Lipinski definition) is 2. The molecule has 0 aliphatic heterocycles. The Morgan fingerprint density at radius 3 is 2.32 bits per heavy atom. The average molecular weight is 384 g/mol. The minimum atomic E-state index is 0. The largest absolute Gasteiger partial charge is 0.357 e. The zero-order valence-corrected chi connectivity index (χ0v) is 15.2. The monoisotopic (exact) mass is 384 g/mol. The predicted octanol–water partition coefficient (Wildman–Crippen LogP) is 1.78. The lowest BCUT2D eigenvalue weighted by Gasteiger charge is -2.21. The number of aliphatic imine (C=N–C) groups is 1. The molecule has 0 heterocycles. The third kappa shape index (κ3) is 9.98. The highest BCUT2D eigenvalue weighted by Gasteiger charge is 2.06. The van der Waals surface area contributed by atoms with Gasteiger partial charge >= 0.3 is 0 Å². The molecule has 0 saturated carbocycles. The van der Waals surface area contributed by atoms with Crippen molar-refractivity contribution in [2.75, 3.05) is 40.8 Å². The van der Waals surface area contributed by atoms with Gasteiger partial charge in [-0.1, -0.05) is 13.3 Å². The quantitative estimate of drug-likeness (QED) is 0.414. The van der Waals surface area contributed by atoms with E-state index in [9.17, 15) is 4.79 Å². The Balaban J connectivity index is 0. The van der Waals surface area contributed by atoms with Crippen molar-refractivity contribution in [1.82, 2.24) is 15.1 Å². The number of carbonyl (C=O) groups is 1. The number of nitrogens with one attached hydrogen (secondary N) is 1. The fourth-order valence-corrected chi connectivity index (χ4v) is 1.45. The van der Waals surface area contributed by atoms with Crippen molar-refractivity contribution in [2.24, 2.45) is 4.99 Å². The minimum absolute atomic E-state index is 0. The normalized spacial score (nSPS) is 10.7. The lowest BCUT2D eigenvalue weighted by atomic mass is 10.3. The van der Waals surface area contributed by atoms with E-state index in [0.717, 1.165) is 25.5 Å². The second-order valence-corrected chi connectivity index (χ2v) is 4.55. The van der Waals surface area contributed by atoms with Crippen LogP contribution >= 0.6 is 24.0 Å². The molecule has 1 N–H and O–H groups in total. The second kappa shape index (κ2) is 12.5. The van der Waals surface area contributed by atoms with E-state index < -0.39 is 0 Å². The summed E-state index contributed by atoms with van der Waals surface area (Å²) in [5.74, 6) is 1.00. The van der Waals surface area contributed by atoms with Gasteiger partial charge in [0, 0.05) is 40.7 Å². The lowest BCUT2D eigenvalue weighted by molar-refractivity contribution is -0.128. The Morgan fingerprint density at radius 1 is 1.21 bits per heavy atom. The van der Waals surface area contributed by atoms with Crippen LogP contribution in [0.2, 0.25) is 0 Å². The van der Waals surface area contributed by atoms with E-state index in [1.807, 2.05) is 14.0 Å². The van der Waals surface area contributed by atoms with Gasteiger partial charge < -0.3 is 15.1 Å². The molecule has 6 heteroatoms. The Bertz CT molecular complexity index is 269. The molecule has 0 aromatic rings. The SMILES string of the molecule is CCCCN(C)C(=NCCC(=O)N(C)C)NCC.I. The highest BCUT2D eigenvalue weighted by Crippen LogP contribution is 1.95. The fourth-order valence-electron chi connectivity index (χ4n) is 1.45. The van der Waals surface area contributed by atoms with Crippen LogP contribution in [0.3, 0.4) is 0 Å². The summed E-state index contributed by atoms with van der Waals surface area (Å²) < 4.78 is 0. The molecule has 0 fully saturated rings. The number of unbranched alkanes of at least 4 members (excludes halogenated alkanes) is 1. The summed E-state index contributed by atoms with van der Waals surface area (Å²) in [7, 11) is 5.57. The summed E-state index contributed by atoms with van der Waals surface area (Å²) in [4.78, 5) is 19.6. The van der Waals surface area contributed by atoms with Crippen molar-refractivity contribution in [2.45, 2.75) is 33.1 Å². The number of nitrogens with zero attached hydrogens (tertiary/aromatic N) is 3. The van der Waals surface area contributed by atoms with Crippen molar-refractivity contribution in [1.29, 1.82) is 0 Å². The van der Waals surface area contributed by atoms with E-state index in [1.54, 1.807) is 19.0 Å². The fraction of sp³-hybridized carbons (Fsp3) is 0.846. The van der Waals surface area contributed by atoms with E-state index in [4.69, 9.17) is 0 Å². The first-order chi connectivity index (χ1) is 8.52. The zero-order valence-electron chi connectivity index (χ0n) is 12.9. The van der Waals surface area contributed by atoms with Crippen LogP contribution in [-0.4, -0.2) is 62.4 Å². The van der Waals surface area contributed by atoms with Gasteiger partial charge in [0.2, 0.25) is 5.91 Å². The summed E-state index contributed by atoms with van der Waals surface area (Å²) in [6, 6.07) is 0. The van der Waals surface area contributed by atoms with Gasteiger partial charge in [-0.2, -0.15) is 0 Å². The summed E-state index contributed by atoms with van der Waals surface area (Å²) in [6.07, 6.45) is 2.78. The third-order valence-electron chi connectivity index (χ3n) is 2.63. The van der Waals surface area contributed by atoms with Gasteiger partial charge in [-0.15, -0.1) is 24.0 Å². The van der Waals surface area contributed by atoms with Gasteiger partial charge in [0.1, 0.15) is 0 Å². The lowest BCUT2D eigenvalue weighted by Crippen LogP contribution is -2.39. The maximum Gasteiger partial charge on any atom is 0.223 e. The van der Waals surface area contributed by atoms with E-state index >= 15 is 0 Å². The minimum Gasteiger partial charge on any atom is -0.357 e. The predicted molar refractivity (Wildman–Crippen MR) is 92.2 cm³/mol. The molecule has 0 unspecified atom stereocenters. The number of rotatable bonds is 7. The van der Waals surface area contributed by atoms with Crippen molar-refractivity contribution >= 4 is 35.8 Å². The number of hydrogen-bond donors (Lipinski definition) is 1. The molecule has 0 rings (SSSR count). The molecule has 0 atom stereocenters. The number of halogens is 1. The second-order valence-electron chi connectivity index (χ2n) is 4.55. The summed E-state index contributed by atoms with van der Waals surface area (Å²) in [5, 5.41) is 3.25. The summed E-state index contributed by atoms with van der Waals surface area (Å²) in [6.45, 7) is 6.60. The molecule has 0 radical (unpaired) electrons. The van der Waals surface area contributed by atoms with Crippen LogP contribution < -0.4 is 5.32 Å². The van der Waals surface area contributed by atoms with Gasteiger partial charge in [0.25, 0.3) is 0 Å². The molecule has 0 aliphatic carbocycles. The van der Waals surface area contributed by atoms with Gasteiger partial charge in [-0.3, -0.25) is 9.79 Å². The van der Waals surface area contributed by atoms with Crippen LogP contribution in [-0.2, 0) is 4.79 Å². The molecule has 0 aromatic heterocycles. The maximum absolute atomic E-state index is 11.4. The van der Waals surface area contributed by atoms with Crippen LogP contribution in [0, 0.1) is 0 Å². The third-order valence-corrected chi connectivity index (χ3v) is 2.63. The van der Waals surface area contributed by atoms with Gasteiger partial charge in [-0.05, 0) is 13.3 Å². The Hall–Kier alpha value is -0.530. The van der Waals surface area contributed by atoms with Crippen molar-refractivity contribution in [3.8, 4) is 0 Å². The number of carbonyl (C=O) groups excluding carboxylic acids is 1. The topological polar surface area (TPSA) is 47.9 Å². The molecule has 1 amide bonds. The van der Waals surface area contributed by atoms with Crippen molar-refractivity contribution < 1.29 is 4.79 Å². The molecule has 114 valence electrons. The first kappa shape index (κ1) is 20.8. The van der Waals surface area contributed by atoms with Gasteiger partial charge in [-0.25, -0.2) is 0 Å². The Labute approximate surface area is 134 Å². The van der Waals surface area contributed by atoms with Gasteiger partial charge in [0.15, 0.2) is 5.96 Å². The standard InChI is InChI=1S/C13H28N4O.HI/c1-6-8-11-17(5)13(14-7-2)15-10-9-12(18)16(3)4;/h6-11H2,1-5H3,(H,14,15);1H. The van der Waals surface area contributed by atoms with Crippen molar-refractivity contribution in [3.63, 3.8) is 0 Å². The van der Waals surface area contributed by atoms with Gasteiger partial charge in [0.05, 0.1) is 6.54 Å². The molecule has 19 heavy (non-hydrogen) atoms. The smallest absolute Gasteiger partial charge is 0.223 e. The summed E-state index contributed by atoms with van der Waals surface area (Å²) in [5.41, 5.74) is 0. The molecule has 0 spiro atoms. The van der Waals surface area contributed by atoms with E-state index in [1.165, 1.54) is 6.42 Å². The van der Waals surface area contributed by atoms with Crippen LogP contribution in [0.4, 0.5) is 0 Å². The molecule has 5 nitrogen and oxygen atoms in total. The summed E-state index contributed by atoms with van der Waals surface area (Å²) >= 11 is 0. The molecule has 0 aromatic carbocycles. The average Bonchev–Trinajstić information content (AvgIpc) is 2.34. The van der Waals surface area contributed by atoms with Crippen LogP contribution in [0.25, 0.3) is 0 Å². The molecule has 0 bridgehead atoms. The highest BCUT2D eigenvalue weighted by molar-refractivity contribution is 14.0. The first-order valence-electron chi connectivity index (χ1n) is 6.72. The van der Waals surface area contributed by atoms with E-state index in [-0.39, 0.29) is 29.9 Å². The molecule has 0 saturated heterocycles. The zero-order chi connectivity index (χ0) is 14.0. The maximum atomic E-state index is 11.4. The highest BCUT2D eigenvalue weighted by atomic mass is 127. The van der Waals surface area contributed by atoms with Crippen LogP contribution in [0.1, 0.15) is 33.1 Å². The van der Waals surface area contributed by atoms with Crippen LogP contribution in [0.15, 0.2) is 4.99 Å². The molecular weight excluding hydrogens is 355 g/mol. The Morgan fingerprint density at radius 2 is 1.84 bits per heavy atom. The molecule has 0 aliphatic rings. The number of amides is 1.